The van der Waals surface area contributed by atoms with Crippen molar-refractivity contribution in [2.45, 2.75) is 6.42 Å². The van der Waals surface area contributed by atoms with Gasteiger partial charge in [-0.2, -0.15) is 0 Å². The lowest BCUT2D eigenvalue weighted by atomic mass is 10.1. The standard InChI is InChI=1S/C15H16ClN3O2S3/c16-12-3-1-11(2-4-12)13-8-23-15(18-13)19-14(22)17-7-10-5-6-24(20,21)9-10/h1-4,8,10H,5-7,9H2,(H2,17,18,19,22)/t10-/m1/s1. The molecule has 1 saturated heterocycles. The number of thiocarbonyl (C=S) groups is 1. The molecule has 2 aromatic rings. The SMILES string of the molecule is O=S1(=O)CC[C@H](CNC(=S)Nc2nc(-c3ccc(Cl)cc3)cs2)C1. The van der Waals surface area contributed by atoms with Crippen LogP contribution in [0, 0.1) is 5.92 Å². The van der Waals surface area contributed by atoms with Gasteiger partial charge < -0.3 is 10.6 Å². The summed E-state index contributed by atoms with van der Waals surface area (Å²) in [7, 11) is -2.86. The highest BCUT2D eigenvalue weighted by Crippen LogP contribution is 2.26. The minimum Gasteiger partial charge on any atom is -0.362 e. The van der Waals surface area contributed by atoms with E-state index in [1.165, 1.54) is 11.3 Å². The lowest BCUT2D eigenvalue weighted by molar-refractivity contribution is 0.574. The molecule has 1 aliphatic rings. The van der Waals surface area contributed by atoms with Gasteiger partial charge in [-0.05, 0) is 36.7 Å². The number of aromatic nitrogens is 1. The normalized spacial score (nSPS) is 19.1. The second-order valence-electron chi connectivity index (χ2n) is 5.65. The highest BCUT2D eigenvalue weighted by atomic mass is 35.5. The predicted molar refractivity (Wildman–Crippen MR) is 104 cm³/mol. The van der Waals surface area contributed by atoms with Crippen LogP contribution in [0.1, 0.15) is 6.42 Å². The van der Waals surface area contributed by atoms with E-state index in [1.807, 2.05) is 29.6 Å². The molecule has 0 bridgehead atoms. The largest absolute Gasteiger partial charge is 0.362 e. The van der Waals surface area contributed by atoms with Crippen LogP contribution >= 0.6 is 35.2 Å². The molecule has 0 aliphatic carbocycles. The molecule has 9 heteroatoms. The molecule has 0 saturated carbocycles. The van der Waals surface area contributed by atoms with Gasteiger partial charge in [-0.1, -0.05) is 23.7 Å². The average Bonchev–Trinajstić information content (AvgIpc) is 3.12. The maximum Gasteiger partial charge on any atom is 0.189 e. The number of sulfone groups is 1. The Balaban J connectivity index is 1.53. The Bertz CT molecular complexity index is 834. The van der Waals surface area contributed by atoms with Crippen LogP contribution in [0.2, 0.25) is 5.02 Å². The van der Waals surface area contributed by atoms with Crippen molar-refractivity contribution in [3.63, 3.8) is 0 Å². The molecular formula is C15H16ClN3O2S3. The fourth-order valence-electron chi connectivity index (χ4n) is 2.50. The van der Waals surface area contributed by atoms with Gasteiger partial charge in [0, 0.05) is 22.5 Å². The Morgan fingerprint density at radius 1 is 1.38 bits per heavy atom. The number of halogens is 1. The Hall–Kier alpha value is -1.22. The van der Waals surface area contributed by atoms with Crippen LogP contribution in [0.25, 0.3) is 11.3 Å². The van der Waals surface area contributed by atoms with E-state index in [1.54, 1.807) is 0 Å². The quantitative estimate of drug-likeness (QED) is 0.766. The molecule has 1 atom stereocenters. The van der Waals surface area contributed by atoms with Gasteiger partial charge in [0.25, 0.3) is 0 Å². The molecule has 3 rings (SSSR count). The predicted octanol–water partition coefficient (Wildman–Crippen LogP) is 3.18. The van der Waals surface area contributed by atoms with Crippen molar-refractivity contribution in [1.29, 1.82) is 0 Å². The van der Waals surface area contributed by atoms with Crippen molar-refractivity contribution < 1.29 is 8.42 Å². The number of thiazole rings is 1. The molecule has 5 nitrogen and oxygen atoms in total. The molecule has 0 unspecified atom stereocenters. The molecule has 128 valence electrons. The van der Waals surface area contributed by atoms with E-state index in [0.29, 0.717) is 28.2 Å². The first-order valence-corrected chi connectivity index (χ1v) is 10.9. The van der Waals surface area contributed by atoms with Crippen molar-refractivity contribution in [3.05, 3.63) is 34.7 Å². The topological polar surface area (TPSA) is 71.1 Å². The van der Waals surface area contributed by atoms with Crippen LogP contribution in [0.3, 0.4) is 0 Å². The second-order valence-corrected chi connectivity index (χ2v) is 9.58. The maximum absolute atomic E-state index is 11.4. The molecule has 0 radical (unpaired) electrons. The second kappa shape index (κ2) is 7.35. The van der Waals surface area contributed by atoms with Crippen LogP contribution in [0.5, 0.6) is 0 Å². The van der Waals surface area contributed by atoms with E-state index in [2.05, 4.69) is 15.6 Å². The van der Waals surface area contributed by atoms with Gasteiger partial charge in [0.2, 0.25) is 0 Å². The maximum atomic E-state index is 11.4. The van der Waals surface area contributed by atoms with E-state index >= 15 is 0 Å². The van der Waals surface area contributed by atoms with Gasteiger partial charge in [0.05, 0.1) is 17.2 Å². The van der Waals surface area contributed by atoms with Gasteiger partial charge in [0.15, 0.2) is 20.1 Å². The van der Waals surface area contributed by atoms with Crippen LogP contribution in [-0.4, -0.2) is 36.6 Å². The monoisotopic (exact) mass is 401 g/mol. The number of benzene rings is 1. The third kappa shape index (κ3) is 4.66. The van der Waals surface area contributed by atoms with Crippen LogP contribution < -0.4 is 10.6 Å². The van der Waals surface area contributed by atoms with Crippen molar-refractivity contribution in [3.8, 4) is 11.3 Å². The molecule has 24 heavy (non-hydrogen) atoms. The van der Waals surface area contributed by atoms with E-state index < -0.39 is 9.84 Å². The van der Waals surface area contributed by atoms with Crippen molar-refractivity contribution in [2.24, 2.45) is 5.92 Å². The summed E-state index contributed by atoms with van der Waals surface area (Å²) >= 11 is 12.6. The van der Waals surface area contributed by atoms with E-state index in [4.69, 9.17) is 23.8 Å². The highest BCUT2D eigenvalue weighted by Gasteiger charge is 2.27. The molecule has 2 N–H and O–H groups in total. The third-order valence-corrected chi connectivity index (χ3v) is 6.84. The van der Waals surface area contributed by atoms with Gasteiger partial charge in [-0.15, -0.1) is 11.3 Å². The Kier molecular flexibility index (Phi) is 5.39. The van der Waals surface area contributed by atoms with E-state index in [-0.39, 0.29) is 17.4 Å². The minimum atomic E-state index is -2.86. The van der Waals surface area contributed by atoms with E-state index in [9.17, 15) is 8.42 Å². The summed E-state index contributed by atoms with van der Waals surface area (Å²) in [5, 5.41) is 9.89. The summed E-state index contributed by atoms with van der Waals surface area (Å²) in [4.78, 5) is 4.49. The summed E-state index contributed by atoms with van der Waals surface area (Å²) in [6, 6.07) is 7.48. The van der Waals surface area contributed by atoms with Gasteiger partial charge >= 0.3 is 0 Å². The first-order chi connectivity index (χ1) is 11.4. The third-order valence-electron chi connectivity index (χ3n) is 3.74. The fraction of sp³-hybridized carbons (Fsp3) is 0.333. The Morgan fingerprint density at radius 3 is 2.79 bits per heavy atom. The Morgan fingerprint density at radius 2 is 2.12 bits per heavy atom. The van der Waals surface area contributed by atoms with Crippen molar-refractivity contribution in [1.82, 2.24) is 10.3 Å². The van der Waals surface area contributed by atoms with Crippen molar-refractivity contribution >= 4 is 55.2 Å². The molecule has 1 aromatic carbocycles. The zero-order valence-corrected chi connectivity index (χ0v) is 15.9. The first-order valence-electron chi connectivity index (χ1n) is 7.38. The number of hydrogen-bond acceptors (Lipinski definition) is 5. The first kappa shape index (κ1) is 17.6. The summed E-state index contributed by atoms with van der Waals surface area (Å²) in [5.41, 5.74) is 1.84. The zero-order chi connectivity index (χ0) is 17.2. The van der Waals surface area contributed by atoms with E-state index in [0.717, 1.165) is 11.3 Å². The number of nitrogens with zero attached hydrogens (tertiary/aromatic N) is 1. The lowest BCUT2D eigenvalue weighted by Crippen LogP contribution is -2.33. The molecule has 1 fully saturated rings. The summed E-state index contributed by atoms with van der Waals surface area (Å²) < 4.78 is 22.9. The number of hydrogen-bond donors (Lipinski definition) is 2. The summed E-state index contributed by atoms with van der Waals surface area (Å²) in [5.74, 6) is 0.632. The van der Waals surface area contributed by atoms with Gasteiger partial charge in [-0.25, -0.2) is 13.4 Å². The average molecular weight is 402 g/mol. The smallest absolute Gasteiger partial charge is 0.189 e. The zero-order valence-electron chi connectivity index (χ0n) is 12.7. The lowest BCUT2D eigenvalue weighted by Gasteiger charge is -2.11. The molecule has 0 spiro atoms. The number of rotatable bonds is 4. The summed E-state index contributed by atoms with van der Waals surface area (Å²) in [6.07, 6.45) is 0.690. The molecular weight excluding hydrogens is 386 g/mol. The van der Waals surface area contributed by atoms with Crippen LogP contribution in [0.4, 0.5) is 5.13 Å². The molecule has 0 amide bonds. The van der Waals surface area contributed by atoms with Crippen LogP contribution in [-0.2, 0) is 9.84 Å². The highest BCUT2D eigenvalue weighted by molar-refractivity contribution is 7.91. The van der Waals surface area contributed by atoms with Gasteiger partial charge in [-0.3, -0.25) is 0 Å². The Labute approximate surface area is 155 Å². The summed E-state index contributed by atoms with van der Waals surface area (Å²) in [6.45, 7) is 0.556. The molecule has 1 aromatic heterocycles. The minimum absolute atomic E-state index is 0.121. The molecule has 2 heterocycles. The molecule has 1 aliphatic heterocycles. The number of nitrogens with one attached hydrogen (secondary N) is 2. The van der Waals surface area contributed by atoms with Gasteiger partial charge in [0.1, 0.15) is 0 Å². The fourth-order valence-corrected chi connectivity index (χ4v) is 5.45. The van der Waals surface area contributed by atoms with Crippen molar-refractivity contribution in [2.75, 3.05) is 23.4 Å². The number of anilines is 1. The van der Waals surface area contributed by atoms with Crippen LogP contribution in [0.15, 0.2) is 29.6 Å².